The molecule has 0 fully saturated rings. The largest absolute Gasteiger partial charge is 0.273 e. The number of hydrazone groups is 1. The van der Waals surface area contributed by atoms with Gasteiger partial charge < -0.3 is 0 Å². The van der Waals surface area contributed by atoms with Crippen molar-refractivity contribution in [2.24, 2.45) is 5.10 Å². The summed E-state index contributed by atoms with van der Waals surface area (Å²) >= 11 is 5.78. The lowest BCUT2D eigenvalue weighted by molar-refractivity contribution is -0.384. The molecule has 23 heavy (non-hydrogen) atoms. The molecule has 118 valence electrons. The average molecular weight is 332 g/mol. The number of nitrogens with zero attached hydrogens (tertiary/aromatic N) is 2. The number of rotatable bonds is 5. The second-order valence-corrected chi connectivity index (χ2v) is 5.28. The van der Waals surface area contributed by atoms with Crippen molar-refractivity contribution < 1.29 is 9.72 Å². The van der Waals surface area contributed by atoms with Gasteiger partial charge in [0.1, 0.15) is 0 Å². The Bertz CT molecular complexity index is 740. The zero-order chi connectivity index (χ0) is 16.8. The highest BCUT2D eigenvalue weighted by Crippen LogP contribution is 2.12. The monoisotopic (exact) mass is 331 g/mol. The Morgan fingerprint density at radius 1 is 1.17 bits per heavy atom. The molecule has 0 aliphatic heterocycles. The van der Waals surface area contributed by atoms with E-state index in [0.717, 1.165) is 5.56 Å². The van der Waals surface area contributed by atoms with Crippen molar-refractivity contribution >= 4 is 28.9 Å². The van der Waals surface area contributed by atoms with Gasteiger partial charge in [0, 0.05) is 17.2 Å². The molecule has 0 saturated carbocycles. The summed E-state index contributed by atoms with van der Waals surface area (Å²) in [5.41, 5.74) is 4.56. The highest BCUT2D eigenvalue weighted by atomic mass is 35.5. The lowest BCUT2D eigenvalue weighted by Gasteiger charge is -2.03. The van der Waals surface area contributed by atoms with Crippen LogP contribution in [-0.4, -0.2) is 16.5 Å². The van der Waals surface area contributed by atoms with E-state index in [9.17, 15) is 14.9 Å². The SMILES string of the molecule is C/C(=N/NC(=O)Cc1ccc(Cl)cc1)c1ccc([N+](=O)[O-])cc1. The van der Waals surface area contributed by atoms with E-state index in [1.165, 1.54) is 12.1 Å². The first-order valence-corrected chi connectivity index (χ1v) is 7.16. The Labute approximate surface area is 137 Å². The second-order valence-electron chi connectivity index (χ2n) is 4.84. The van der Waals surface area contributed by atoms with Gasteiger partial charge >= 0.3 is 0 Å². The van der Waals surface area contributed by atoms with Crippen LogP contribution in [0.4, 0.5) is 5.69 Å². The molecule has 0 aliphatic carbocycles. The van der Waals surface area contributed by atoms with Crippen molar-refractivity contribution in [1.29, 1.82) is 0 Å². The molecule has 0 radical (unpaired) electrons. The fourth-order valence-electron chi connectivity index (χ4n) is 1.86. The highest BCUT2D eigenvalue weighted by Gasteiger charge is 2.06. The van der Waals surface area contributed by atoms with E-state index in [-0.39, 0.29) is 18.0 Å². The second kappa shape index (κ2) is 7.51. The number of nitro benzene ring substituents is 1. The fraction of sp³-hybridized carbons (Fsp3) is 0.125. The Morgan fingerprint density at radius 3 is 2.35 bits per heavy atom. The molecule has 0 bridgehead atoms. The summed E-state index contributed by atoms with van der Waals surface area (Å²) in [4.78, 5) is 22.0. The Kier molecular flexibility index (Phi) is 5.43. The Morgan fingerprint density at radius 2 is 1.78 bits per heavy atom. The van der Waals surface area contributed by atoms with Crippen LogP contribution in [0.5, 0.6) is 0 Å². The van der Waals surface area contributed by atoms with Gasteiger partial charge in [-0.25, -0.2) is 5.43 Å². The van der Waals surface area contributed by atoms with Gasteiger partial charge in [0.15, 0.2) is 0 Å². The minimum atomic E-state index is -0.468. The Balaban J connectivity index is 1.96. The van der Waals surface area contributed by atoms with Crippen molar-refractivity contribution in [1.82, 2.24) is 5.43 Å². The van der Waals surface area contributed by atoms with Gasteiger partial charge in [0.05, 0.1) is 17.1 Å². The molecule has 2 aromatic rings. The summed E-state index contributed by atoms with van der Waals surface area (Å²) < 4.78 is 0. The zero-order valence-corrected chi connectivity index (χ0v) is 13.1. The molecule has 0 aromatic heterocycles. The number of amides is 1. The molecule has 0 atom stereocenters. The molecule has 0 heterocycles. The number of nitrogens with one attached hydrogen (secondary N) is 1. The smallest absolute Gasteiger partial charge is 0.269 e. The first-order valence-electron chi connectivity index (χ1n) is 6.78. The first-order chi connectivity index (χ1) is 11.0. The minimum Gasteiger partial charge on any atom is -0.273 e. The lowest BCUT2D eigenvalue weighted by Crippen LogP contribution is -2.21. The van der Waals surface area contributed by atoms with Crippen LogP contribution in [0, 0.1) is 10.1 Å². The summed E-state index contributed by atoms with van der Waals surface area (Å²) in [6.45, 7) is 1.71. The van der Waals surface area contributed by atoms with Crippen LogP contribution in [-0.2, 0) is 11.2 Å². The molecule has 6 nitrogen and oxygen atoms in total. The number of hydrogen-bond acceptors (Lipinski definition) is 4. The van der Waals surface area contributed by atoms with Gasteiger partial charge in [-0.15, -0.1) is 0 Å². The summed E-state index contributed by atoms with van der Waals surface area (Å²) in [6.07, 6.45) is 0.189. The zero-order valence-electron chi connectivity index (χ0n) is 12.3. The number of non-ortho nitro benzene ring substituents is 1. The topological polar surface area (TPSA) is 84.6 Å². The third-order valence-corrected chi connectivity index (χ3v) is 3.37. The molecule has 1 amide bonds. The van der Waals surface area contributed by atoms with Crippen LogP contribution >= 0.6 is 11.6 Å². The van der Waals surface area contributed by atoms with Crippen LogP contribution in [0.3, 0.4) is 0 Å². The maximum Gasteiger partial charge on any atom is 0.269 e. The lowest BCUT2D eigenvalue weighted by atomic mass is 10.1. The molecule has 0 spiro atoms. The quantitative estimate of drug-likeness (QED) is 0.518. The predicted molar refractivity (Wildman–Crippen MR) is 88.6 cm³/mol. The van der Waals surface area contributed by atoms with Gasteiger partial charge in [0.25, 0.3) is 5.69 Å². The van der Waals surface area contributed by atoms with Crippen LogP contribution in [0.25, 0.3) is 0 Å². The predicted octanol–water partition coefficient (Wildman–Crippen LogP) is 3.33. The van der Waals surface area contributed by atoms with Gasteiger partial charge in [-0.05, 0) is 42.3 Å². The summed E-state index contributed by atoms with van der Waals surface area (Å²) in [5, 5.41) is 15.2. The summed E-state index contributed by atoms with van der Waals surface area (Å²) in [5.74, 6) is -0.256. The molecule has 0 unspecified atom stereocenters. The van der Waals surface area contributed by atoms with Crippen molar-refractivity contribution in [2.45, 2.75) is 13.3 Å². The number of benzene rings is 2. The molecule has 2 rings (SSSR count). The molecule has 2 aromatic carbocycles. The number of halogens is 1. The maximum absolute atomic E-state index is 11.8. The standard InChI is InChI=1S/C16H14ClN3O3/c1-11(13-4-8-15(9-5-13)20(22)23)18-19-16(21)10-12-2-6-14(17)7-3-12/h2-9H,10H2,1H3,(H,19,21)/b18-11-. The third-order valence-electron chi connectivity index (χ3n) is 3.12. The van der Waals surface area contributed by atoms with E-state index >= 15 is 0 Å². The van der Waals surface area contributed by atoms with Crippen LogP contribution in [0.15, 0.2) is 53.6 Å². The summed E-state index contributed by atoms with van der Waals surface area (Å²) in [7, 11) is 0. The average Bonchev–Trinajstić information content (AvgIpc) is 2.55. The minimum absolute atomic E-state index is 0.00771. The van der Waals surface area contributed by atoms with Gasteiger partial charge in [-0.3, -0.25) is 14.9 Å². The van der Waals surface area contributed by atoms with E-state index in [2.05, 4.69) is 10.5 Å². The fourth-order valence-corrected chi connectivity index (χ4v) is 1.99. The molecule has 0 saturated heterocycles. The molecule has 0 aliphatic rings. The van der Waals surface area contributed by atoms with Crippen LogP contribution in [0.2, 0.25) is 5.02 Å². The molecule has 7 heteroatoms. The van der Waals surface area contributed by atoms with Gasteiger partial charge in [-0.2, -0.15) is 5.10 Å². The molecule has 1 N–H and O–H groups in total. The van der Waals surface area contributed by atoms with Crippen molar-refractivity contribution in [3.8, 4) is 0 Å². The van der Waals surface area contributed by atoms with Crippen LogP contribution in [0.1, 0.15) is 18.1 Å². The van der Waals surface area contributed by atoms with E-state index in [1.807, 2.05) is 0 Å². The summed E-state index contributed by atoms with van der Waals surface area (Å²) in [6, 6.07) is 12.9. The molecular formula is C16H14ClN3O3. The Hall–Kier alpha value is -2.73. The van der Waals surface area contributed by atoms with Crippen LogP contribution < -0.4 is 5.43 Å². The number of carbonyl (C=O) groups excluding carboxylic acids is 1. The van der Waals surface area contributed by atoms with Gasteiger partial charge in [0.2, 0.25) is 5.91 Å². The van der Waals surface area contributed by atoms with Gasteiger partial charge in [-0.1, -0.05) is 23.7 Å². The normalized spacial score (nSPS) is 11.1. The maximum atomic E-state index is 11.8. The van der Waals surface area contributed by atoms with E-state index in [0.29, 0.717) is 16.3 Å². The highest BCUT2D eigenvalue weighted by molar-refractivity contribution is 6.30. The van der Waals surface area contributed by atoms with Crippen molar-refractivity contribution in [2.75, 3.05) is 0 Å². The first kappa shape index (κ1) is 16.6. The number of nitro groups is 1. The van der Waals surface area contributed by atoms with Crippen molar-refractivity contribution in [3.05, 3.63) is 74.8 Å². The number of carbonyl (C=O) groups is 1. The van der Waals surface area contributed by atoms with E-state index in [4.69, 9.17) is 11.6 Å². The van der Waals surface area contributed by atoms with Crippen molar-refractivity contribution in [3.63, 3.8) is 0 Å². The molecular weight excluding hydrogens is 318 g/mol. The van der Waals surface area contributed by atoms with E-state index < -0.39 is 4.92 Å². The third kappa shape index (κ3) is 4.89. The van der Waals surface area contributed by atoms with E-state index in [1.54, 1.807) is 43.3 Å². The number of hydrogen-bond donors (Lipinski definition) is 1.